The van der Waals surface area contributed by atoms with Crippen molar-refractivity contribution < 1.29 is 19.4 Å². The molecule has 82 valence electrons. The van der Waals surface area contributed by atoms with E-state index in [2.05, 4.69) is 0 Å². The number of cyclic esters (lactones) is 1. The van der Waals surface area contributed by atoms with Gasteiger partial charge in [-0.2, -0.15) is 0 Å². The van der Waals surface area contributed by atoms with Gasteiger partial charge in [-0.1, -0.05) is 13.8 Å². The van der Waals surface area contributed by atoms with E-state index >= 15 is 0 Å². The second-order valence-corrected chi connectivity index (χ2v) is 3.94. The van der Waals surface area contributed by atoms with E-state index in [4.69, 9.17) is 9.47 Å². The zero-order valence-corrected chi connectivity index (χ0v) is 8.90. The Morgan fingerprint density at radius 2 is 2.14 bits per heavy atom. The molecule has 0 aliphatic carbocycles. The maximum Gasteiger partial charge on any atom is 0.335 e. The highest BCUT2D eigenvalue weighted by Gasteiger charge is 2.35. The standard InChI is InChI=1S/C10H18O4/c1-6-4-5-14-10(12)9(13-3)7(2)8(6)11/h6-9,11H,4-5H2,1-3H3/t6-,7-,8-,9+/m0/s1. The molecule has 1 heterocycles. The van der Waals surface area contributed by atoms with Crippen molar-refractivity contribution in [3.05, 3.63) is 0 Å². The van der Waals surface area contributed by atoms with Crippen LogP contribution < -0.4 is 0 Å². The Morgan fingerprint density at radius 3 is 2.71 bits per heavy atom. The summed E-state index contributed by atoms with van der Waals surface area (Å²) >= 11 is 0. The highest BCUT2D eigenvalue weighted by molar-refractivity contribution is 5.75. The summed E-state index contributed by atoms with van der Waals surface area (Å²) in [5.41, 5.74) is 0. The Balaban J connectivity index is 2.75. The van der Waals surface area contributed by atoms with E-state index in [9.17, 15) is 9.90 Å². The number of methoxy groups -OCH3 is 1. The number of ether oxygens (including phenoxy) is 2. The molecule has 4 heteroatoms. The molecule has 0 radical (unpaired) electrons. The maximum absolute atomic E-state index is 11.4. The molecule has 1 fully saturated rings. The highest BCUT2D eigenvalue weighted by atomic mass is 16.6. The summed E-state index contributed by atoms with van der Waals surface area (Å²) in [5.74, 6) is -0.454. The molecule has 4 atom stereocenters. The van der Waals surface area contributed by atoms with Gasteiger partial charge >= 0.3 is 5.97 Å². The average molecular weight is 202 g/mol. The largest absolute Gasteiger partial charge is 0.464 e. The summed E-state index contributed by atoms with van der Waals surface area (Å²) in [6.45, 7) is 4.12. The topological polar surface area (TPSA) is 55.8 Å². The van der Waals surface area contributed by atoms with Gasteiger partial charge < -0.3 is 14.6 Å². The molecule has 0 aromatic carbocycles. The molecule has 0 aromatic rings. The normalized spacial score (nSPS) is 39.9. The zero-order valence-electron chi connectivity index (χ0n) is 8.90. The molecule has 0 aromatic heterocycles. The third-order valence-electron chi connectivity index (χ3n) is 2.90. The zero-order chi connectivity index (χ0) is 10.7. The second kappa shape index (κ2) is 4.75. The number of esters is 1. The minimum Gasteiger partial charge on any atom is -0.464 e. The van der Waals surface area contributed by atoms with Gasteiger partial charge in [0.25, 0.3) is 0 Å². The number of aliphatic hydroxyl groups excluding tert-OH is 1. The maximum atomic E-state index is 11.4. The van der Waals surface area contributed by atoms with E-state index in [-0.39, 0.29) is 17.8 Å². The van der Waals surface area contributed by atoms with E-state index in [1.54, 1.807) is 0 Å². The number of carbonyl (C=O) groups is 1. The molecule has 1 saturated heterocycles. The first-order valence-electron chi connectivity index (χ1n) is 4.95. The summed E-state index contributed by atoms with van der Waals surface area (Å²) in [7, 11) is 1.46. The average Bonchev–Trinajstić information content (AvgIpc) is 2.16. The van der Waals surface area contributed by atoms with E-state index in [1.165, 1.54) is 7.11 Å². The first kappa shape index (κ1) is 11.5. The fourth-order valence-electron chi connectivity index (χ4n) is 1.82. The van der Waals surface area contributed by atoms with Crippen LogP contribution in [0.15, 0.2) is 0 Å². The minimum absolute atomic E-state index is 0.135. The molecule has 0 saturated carbocycles. The van der Waals surface area contributed by atoms with Crippen LogP contribution in [0.1, 0.15) is 20.3 Å². The summed E-state index contributed by atoms with van der Waals surface area (Å²) in [5, 5.41) is 9.88. The fourth-order valence-corrected chi connectivity index (χ4v) is 1.82. The Bertz CT molecular complexity index is 204. The fraction of sp³-hybridized carbons (Fsp3) is 0.900. The summed E-state index contributed by atoms with van der Waals surface area (Å²) in [4.78, 5) is 11.4. The van der Waals surface area contributed by atoms with Crippen LogP contribution in [0.4, 0.5) is 0 Å². The van der Waals surface area contributed by atoms with Crippen molar-refractivity contribution in [3.8, 4) is 0 Å². The van der Waals surface area contributed by atoms with Crippen LogP contribution in [-0.4, -0.2) is 37.0 Å². The van der Waals surface area contributed by atoms with E-state index < -0.39 is 12.2 Å². The quantitative estimate of drug-likeness (QED) is 0.632. The molecule has 0 unspecified atom stereocenters. The lowest BCUT2D eigenvalue weighted by atomic mass is 9.87. The van der Waals surface area contributed by atoms with Crippen LogP contribution in [0.5, 0.6) is 0 Å². The minimum atomic E-state index is -0.646. The molecule has 0 spiro atoms. The summed E-state index contributed by atoms with van der Waals surface area (Å²) in [6, 6.07) is 0. The van der Waals surface area contributed by atoms with Gasteiger partial charge in [0, 0.05) is 13.0 Å². The number of aliphatic hydroxyl groups is 1. The van der Waals surface area contributed by atoms with Gasteiger partial charge in [-0.25, -0.2) is 4.79 Å². The van der Waals surface area contributed by atoms with E-state index in [0.717, 1.165) is 0 Å². The van der Waals surface area contributed by atoms with Gasteiger partial charge in [0.1, 0.15) is 0 Å². The van der Waals surface area contributed by atoms with Gasteiger partial charge in [0.15, 0.2) is 6.10 Å². The lowest BCUT2D eigenvalue weighted by Gasteiger charge is -2.31. The number of hydrogen-bond donors (Lipinski definition) is 1. The van der Waals surface area contributed by atoms with Crippen LogP contribution in [0.2, 0.25) is 0 Å². The van der Waals surface area contributed by atoms with Crippen LogP contribution in [0.25, 0.3) is 0 Å². The lowest BCUT2D eigenvalue weighted by Crippen LogP contribution is -2.43. The molecular formula is C10H18O4. The Kier molecular flexibility index (Phi) is 3.89. The van der Waals surface area contributed by atoms with Crippen LogP contribution in [0, 0.1) is 11.8 Å². The molecule has 1 rings (SSSR count). The summed E-state index contributed by atoms with van der Waals surface area (Å²) in [6.07, 6.45) is -0.450. The van der Waals surface area contributed by atoms with Crippen molar-refractivity contribution in [2.45, 2.75) is 32.5 Å². The molecule has 4 nitrogen and oxygen atoms in total. The highest BCUT2D eigenvalue weighted by Crippen LogP contribution is 2.24. The van der Waals surface area contributed by atoms with Gasteiger partial charge in [0.2, 0.25) is 0 Å². The predicted octanol–water partition coefficient (Wildman–Crippen LogP) is 0.581. The smallest absolute Gasteiger partial charge is 0.335 e. The van der Waals surface area contributed by atoms with Crippen molar-refractivity contribution >= 4 is 5.97 Å². The monoisotopic (exact) mass is 202 g/mol. The summed E-state index contributed by atoms with van der Waals surface area (Å²) < 4.78 is 10.0. The third kappa shape index (κ3) is 2.25. The van der Waals surface area contributed by atoms with E-state index in [1.807, 2.05) is 13.8 Å². The number of hydrogen-bond acceptors (Lipinski definition) is 4. The first-order chi connectivity index (χ1) is 6.57. The molecule has 1 aliphatic heterocycles. The molecular weight excluding hydrogens is 184 g/mol. The Morgan fingerprint density at radius 1 is 1.50 bits per heavy atom. The van der Waals surface area contributed by atoms with Crippen LogP contribution >= 0.6 is 0 Å². The second-order valence-electron chi connectivity index (χ2n) is 3.94. The molecule has 1 N–H and O–H groups in total. The first-order valence-corrected chi connectivity index (χ1v) is 4.95. The number of rotatable bonds is 1. The van der Waals surface area contributed by atoms with Gasteiger partial charge in [-0.15, -0.1) is 0 Å². The van der Waals surface area contributed by atoms with Gasteiger partial charge in [-0.05, 0) is 12.3 Å². The lowest BCUT2D eigenvalue weighted by molar-refractivity contribution is -0.166. The van der Waals surface area contributed by atoms with Gasteiger partial charge in [0.05, 0.1) is 12.7 Å². The molecule has 0 amide bonds. The number of carbonyl (C=O) groups excluding carboxylic acids is 1. The van der Waals surface area contributed by atoms with E-state index in [0.29, 0.717) is 13.0 Å². The Hall–Kier alpha value is -0.610. The van der Waals surface area contributed by atoms with Crippen LogP contribution in [0.3, 0.4) is 0 Å². The SMILES string of the molecule is CO[C@H]1C(=O)OCC[C@H](C)[C@H](O)[C@@H]1C. The van der Waals surface area contributed by atoms with Crippen LogP contribution in [-0.2, 0) is 14.3 Å². The predicted molar refractivity (Wildman–Crippen MR) is 50.7 cm³/mol. The van der Waals surface area contributed by atoms with Crippen molar-refractivity contribution in [2.75, 3.05) is 13.7 Å². The van der Waals surface area contributed by atoms with Crippen molar-refractivity contribution in [2.24, 2.45) is 11.8 Å². The third-order valence-corrected chi connectivity index (χ3v) is 2.90. The van der Waals surface area contributed by atoms with Crippen molar-refractivity contribution in [1.82, 2.24) is 0 Å². The Labute approximate surface area is 84.2 Å². The molecule has 1 aliphatic rings. The van der Waals surface area contributed by atoms with Crippen molar-refractivity contribution in [1.29, 1.82) is 0 Å². The molecule has 14 heavy (non-hydrogen) atoms. The van der Waals surface area contributed by atoms with Crippen molar-refractivity contribution in [3.63, 3.8) is 0 Å². The van der Waals surface area contributed by atoms with Gasteiger partial charge in [-0.3, -0.25) is 0 Å². The molecule has 0 bridgehead atoms.